The fourth-order valence-corrected chi connectivity index (χ4v) is 11.0. The molecule has 6 rings (SSSR count). The van der Waals surface area contributed by atoms with E-state index in [2.05, 4.69) is 0 Å². The molecule has 386 valence electrons. The van der Waals surface area contributed by atoms with E-state index in [9.17, 15) is 29.7 Å². The number of likely N-dealkylation sites (N-methyl/N-ethyl adjacent to an activating group) is 1. The molecule has 0 spiro atoms. The number of aliphatic hydroxyl groups is 3. The van der Waals surface area contributed by atoms with Crippen LogP contribution in [0, 0.1) is 23.7 Å². The number of ether oxygens (including phenoxy) is 10. The molecule has 2 bridgehead atoms. The summed E-state index contributed by atoms with van der Waals surface area (Å²) in [5.41, 5.74) is -2.62. The van der Waals surface area contributed by atoms with E-state index >= 15 is 0 Å². The van der Waals surface area contributed by atoms with Crippen molar-refractivity contribution in [3.8, 4) is 0 Å². The van der Waals surface area contributed by atoms with Crippen molar-refractivity contribution in [1.29, 1.82) is 0 Å². The number of carbonyl (C=O) groups excluding carboxylic acids is 3. The van der Waals surface area contributed by atoms with E-state index < -0.39 is 126 Å². The molecule has 3 N–H and O–H groups in total. The van der Waals surface area contributed by atoms with Gasteiger partial charge in [-0.25, -0.2) is 9.59 Å². The first-order chi connectivity index (χ1) is 32.5. The Bertz CT molecular complexity index is 1990. The number of hydrogen-bond acceptors (Lipinski definition) is 16. The van der Waals surface area contributed by atoms with Crippen molar-refractivity contribution < 1.29 is 77.1 Å². The maximum absolute atomic E-state index is 14.7. The van der Waals surface area contributed by atoms with Crippen molar-refractivity contribution in [3.63, 3.8) is 0 Å². The van der Waals surface area contributed by atoms with Gasteiger partial charge in [0.15, 0.2) is 18.7 Å². The van der Waals surface area contributed by atoms with Crippen LogP contribution in [0.25, 0.3) is 0 Å². The van der Waals surface area contributed by atoms with Gasteiger partial charge in [0.1, 0.15) is 31.0 Å². The fraction of sp³-hybridized carbons (Fsp3) is 0.712. The van der Waals surface area contributed by atoms with Crippen molar-refractivity contribution in [2.24, 2.45) is 23.7 Å². The van der Waals surface area contributed by atoms with Crippen LogP contribution in [0.4, 0.5) is 9.59 Å². The quantitative estimate of drug-likeness (QED) is 0.133. The van der Waals surface area contributed by atoms with Gasteiger partial charge in [0.2, 0.25) is 0 Å². The van der Waals surface area contributed by atoms with Crippen molar-refractivity contribution in [2.75, 3.05) is 14.2 Å². The van der Waals surface area contributed by atoms with Gasteiger partial charge in [-0.1, -0.05) is 88.4 Å². The van der Waals surface area contributed by atoms with E-state index in [0.29, 0.717) is 6.42 Å². The summed E-state index contributed by atoms with van der Waals surface area (Å²) >= 11 is 0. The first-order valence-electron chi connectivity index (χ1n) is 24.5. The Morgan fingerprint density at radius 2 is 1.49 bits per heavy atom. The Morgan fingerprint density at radius 1 is 0.884 bits per heavy atom. The number of esters is 1. The van der Waals surface area contributed by atoms with Crippen LogP contribution in [-0.2, 0) is 65.4 Å². The minimum absolute atomic E-state index is 0.00208. The summed E-state index contributed by atoms with van der Waals surface area (Å²) in [7, 11) is 3.07. The SMILES string of the molecule is CC[C@@H](O)[C@@](C)(O)[C@@H]1OC(=O)[C@H](C)[C@H](OC2CC(C)(OC)C(O)C(C)O2)[C@H](C)[C@@H](OC2OC(C)CC(N(C)C(=O)OCc3ccccc3)C2OC(=O)OCc2ccccc2)[C@@]2(C)CC(C)C(O2)[C@@H]1C. The number of carbonyl (C=O) groups is 3. The molecule has 4 aliphatic heterocycles. The lowest BCUT2D eigenvalue weighted by atomic mass is 9.76. The zero-order valence-electron chi connectivity index (χ0n) is 42.3. The summed E-state index contributed by atoms with van der Waals surface area (Å²) in [6, 6.07) is 17.5. The maximum Gasteiger partial charge on any atom is 0.509 e. The monoisotopic (exact) mass is 972 g/mol. The Morgan fingerprint density at radius 3 is 2.09 bits per heavy atom. The highest BCUT2D eigenvalue weighted by atomic mass is 16.8. The smallest absolute Gasteiger partial charge is 0.459 e. The molecule has 2 aromatic carbocycles. The number of rotatable bonds is 14. The van der Waals surface area contributed by atoms with Gasteiger partial charge in [-0.3, -0.25) is 4.79 Å². The number of cyclic esters (lactones) is 1. The van der Waals surface area contributed by atoms with Gasteiger partial charge in [0.25, 0.3) is 0 Å². The largest absolute Gasteiger partial charge is 0.509 e. The summed E-state index contributed by atoms with van der Waals surface area (Å²) < 4.78 is 63.9. The van der Waals surface area contributed by atoms with Crippen LogP contribution < -0.4 is 0 Å². The Hall–Kier alpha value is -3.91. The highest BCUT2D eigenvalue weighted by Crippen LogP contribution is 2.49. The third kappa shape index (κ3) is 12.2. The maximum atomic E-state index is 14.7. The molecule has 0 aliphatic carbocycles. The Labute approximate surface area is 407 Å². The van der Waals surface area contributed by atoms with Crippen molar-refractivity contribution >= 4 is 18.2 Å². The van der Waals surface area contributed by atoms with Gasteiger partial charge in [-0.2, -0.15) is 0 Å². The molecule has 4 fully saturated rings. The van der Waals surface area contributed by atoms with E-state index in [4.69, 9.17) is 47.4 Å². The number of aliphatic hydroxyl groups excluding tert-OH is 2. The van der Waals surface area contributed by atoms with Gasteiger partial charge >= 0.3 is 18.2 Å². The van der Waals surface area contributed by atoms with Crippen LogP contribution in [0.15, 0.2) is 60.7 Å². The molecule has 10 unspecified atom stereocenters. The number of benzene rings is 2. The summed E-state index contributed by atoms with van der Waals surface area (Å²) in [5.74, 6) is -3.38. The van der Waals surface area contributed by atoms with Crippen LogP contribution in [0.2, 0.25) is 0 Å². The summed E-state index contributed by atoms with van der Waals surface area (Å²) in [6.07, 6.45) is -11.8. The molecular formula is C52H77NO16. The summed E-state index contributed by atoms with van der Waals surface area (Å²) in [4.78, 5) is 43.8. The van der Waals surface area contributed by atoms with Crippen LogP contribution in [0.1, 0.15) is 106 Å². The first-order valence-corrected chi connectivity index (χ1v) is 24.5. The molecule has 2 aromatic rings. The van der Waals surface area contributed by atoms with E-state index in [1.807, 2.05) is 95.3 Å². The second-order valence-electron chi connectivity index (χ2n) is 20.6. The van der Waals surface area contributed by atoms with Gasteiger partial charge in [-0.15, -0.1) is 0 Å². The van der Waals surface area contributed by atoms with Crippen LogP contribution in [0.5, 0.6) is 0 Å². The zero-order valence-corrected chi connectivity index (χ0v) is 42.3. The standard InChI is InChI=1S/C52H77NO16/c1-13-38(54)52(10,59)45-31(4)40-29(2)25-51(9,69-40)44(32(5)41(33(6)46(56)67-45)65-39-26-50(8,60-12)43(55)34(7)64-39)68-47-42(66-49(58)62-28-36-22-18-15-19-23-36)37(24-30(3)63-47)53(11)48(57)61-27-35-20-16-14-17-21-35/h14-23,29-34,37-45,47,54-55,59H,13,24-28H2,1-12H3/t29?,30?,31-,32-,33+,34?,37?,38+,39?,40?,41+,42?,43?,44+,45+,47?,50?,51+,52+/m0/s1. The molecule has 0 radical (unpaired) electrons. The topological polar surface area (TPSA) is 207 Å². The molecule has 19 atom stereocenters. The molecule has 0 aromatic heterocycles. The average Bonchev–Trinajstić information content (AvgIpc) is 3.65. The van der Waals surface area contributed by atoms with Gasteiger partial charge < -0.3 is 67.6 Å². The third-order valence-electron chi connectivity index (χ3n) is 15.1. The lowest BCUT2D eigenvalue weighted by Crippen LogP contribution is -2.61. The van der Waals surface area contributed by atoms with Crippen molar-refractivity contribution in [3.05, 3.63) is 71.8 Å². The van der Waals surface area contributed by atoms with Crippen LogP contribution >= 0.6 is 0 Å². The average molecular weight is 972 g/mol. The Balaban J connectivity index is 1.42. The number of nitrogens with zero attached hydrogens (tertiary/aromatic N) is 1. The molecule has 17 nitrogen and oxygen atoms in total. The lowest BCUT2D eigenvalue weighted by molar-refractivity contribution is -0.318. The van der Waals surface area contributed by atoms with E-state index in [1.54, 1.807) is 34.7 Å². The minimum atomic E-state index is -1.88. The molecule has 4 aliphatic rings. The molecule has 4 saturated heterocycles. The second kappa shape index (κ2) is 22.7. The fourth-order valence-electron chi connectivity index (χ4n) is 11.0. The molecule has 0 saturated carbocycles. The second-order valence-corrected chi connectivity index (χ2v) is 20.6. The van der Waals surface area contributed by atoms with Crippen LogP contribution in [-0.4, -0.2) is 143 Å². The van der Waals surface area contributed by atoms with Gasteiger partial charge in [0, 0.05) is 32.4 Å². The number of hydrogen-bond donors (Lipinski definition) is 3. The normalized spacial score (nSPS) is 38.7. The molecule has 17 heteroatoms. The molecule has 69 heavy (non-hydrogen) atoms. The third-order valence-corrected chi connectivity index (χ3v) is 15.1. The highest BCUT2D eigenvalue weighted by Gasteiger charge is 2.59. The first kappa shape index (κ1) is 54.4. The minimum Gasteiger partial charge on any atom is -0.459 e. The molecule has 1 amide bonds. The lowest BCUT2D eigenvalue weighted by Gasteiger charge is -2.49. The molecule has 4 heterocycles. The van der Waals surface area contributed by atoms with E-state index in [1.165, 1.54) is 18.9 Å². The summed E-state index contributed by atoms with van der Waals surface area (Å²) in [5, 5.41) is 34.3. The van der Waals surface area contributed by atoms with E-state index in [-0.39, 0.29) is 38.4 Å². The van der Waals surface area contributed by atoms with Gasteiger partial charge in [-0.05, 0) is 77.8 Å². The predicted octanol–water partition coefficient (Wildman–Crippen LogP) is 6.69. The van der Waals surface area contributed by atoms with Crippen LogP contribution in [0.3, 0.4) is 0 Å². The Kier molecular flexibility index (Phi) is 17.9. The highest BCUT2D eigenvalue weighted by molar-refractivity contribution is 5.73. The summed E-state index contributed by atoms with van der Waals surface area (Å²) in [6.45, 7) is 17.7. The number of fused-ring (bicyclic) bond motifs is 2. The number of amides is 1. The zero-order chi connectivity index (χ0) is 50.6. The van der Waals surface area contributed by atoms with Crippen molar-refractivity contribution in [2.45, 2.75) is 198 Å². The van der Waals surface area contributed by atoms with E-state index in [0.717, 1.165) is 11.1 Å². The number of methoxy groups -OCH3 is 1. The predicted molar refractivity (Wildman–Crippen MR) is 250 cm³/mol. The van der Waals surface area contributed by atoms with Gasteiger partial charge in [0.05, 0.1) is 59.8 Å². The molecular weight excluding hydrogens is 895 g/mol. The van der Waals surface area contributed by atoms with Crippen molar-refractivity contribution in [1.82, 2.24) is 4.90 Å².